The van der Waals surface area contributed by atoms with Crippen molar-refractivity contribution in [1.82, 2.24) is 9.78 Å². The minimum atomic E-state index is 0.0558. The van der Waals surface area contributed by atoms with Gasteiger partial charge in [-0.1, -0.05) is 0 Å². The van der Waals surface area contributed by atoms with Crippen LogP contribution in [0.15, 0.2) is 0 Å². The van der Waals surface area contributed by atoms with Crippen molar-refractivity contribution in [2.75, 3.05) is 6.61 Å². The molecule has 1 heterocycles. The maximum absolute atomic E-state index is 9.14. The first-order valence-corrected chi connectivity index (χ1v) is 5.44. The summed E-state index contributed by atoms with van der Waals surface area (Å²) in [5, 5.41) is 13.5. The van der Waals surface area contributed by atoms with Gasteiger partial charge >= 0.3 is 0 Å². The summed E-state index contributed by atoms with van der Waals surface area (Å²) in [5.41, 5.74) is 2.82. The zero-order valence-electron chi connectivity index (χ0n) is 9.36. The number of hydrogen-bond donors (Lipinski definition) is 1. The highest BCUT2D eigenvalue weighted by Crippen LogP contribution is 2.28. The van der Waals surface area contributed by atoms with Gasteiger partial charge in [-0.3, -0.25) is 0 Å². The normalized spacial score (nSPS) is 15.9. The summed E-state index contributed by atoms with van der Waals surface area (Å²) < 4.78 is 7.38. The number of hydrogen-bond acceptors (Lipinski definition) is 3. The molecule has 1 aliphatic carbocycles. The SMILES string of the molecule is Cc1nn(COCC2CC2)c(C)c1CO. The lowest BCUT2D eigenvalue weighted by Gasteiger charge is -2.05. The molecule has 1 aliphatic rings. The van der Waals surface area contributed by atoms with Crippen LogP contribution in [0, 0.1) is 19.8 Å². The summed E-state index contributed by atoms with van der Waals surface area (Å²) in [6.07, 6.45) is 2.61. The first-order valence-electron chi connectivity index (χ1n) is 5.44. The van der Waals surface area contributed by atoms with Crippen LogP contribution in [0.4, 0.5) is 0 Å². The Hall–Kier alpha value is -0.870. The highest BCUT2D eigenvalue weighted by molar-refractivity contribution is 5.23. The first kappa shape index (κ1) is 10.6. The lowest BCUT2D eigenvalue weighted by atomic mass is 10.2. The van der Waals surface area contributed by atoms with E-state index in [-0.39, 0.29) is 6.61 Å². The third kappa shape index (κ3) is 2.38. The van der Waals surface area contributed by atoms with Gasteiger partial charge in [0.15, 0.2) is 0 Å². The van der Waals surface area contributed by atoms with Crippen molar-refractivity contribution in [1.29, 1.82) is 0 Å². The third-order valence-electron chi connectivity index (χ3n) is 2.95. The number of nitrogens with zero attached hydrogens (tertiary/aromatic N) is 2. The summed E-state index contributed by atoms with van der Waals surface area (Å²) in [6, 6.07) is 0. The quantitative estimate of drug-likeness (QED) is 0.798. The zero-order valence-corrected chi connectivity index (χ0v) is 9.36. The molecule has 1 fully saturated rings. The van der Waals surface area contributed by atoms with E-state index < -0.39 is 0 Å². The van der Waals surface area contributed by atoms with E-state index in [1.165, 1.54) is 12.8 Å². The van der Waals surface area contributed by atoms with E-state index in [1.807, 2.05) is 18.5 Å². The fourth-order valence-electron chi connectivity index (χ4n) is 1.68. The van der Waals surface area contributed by atoms with Crippen LogP contribution in [0.3, 0.4) is 0 Å². The smallest absolute Gasteiger partial charge is 0.139 e. The van der Waals surface area contributed by atoms with E-state index in [2.05, 4.69) is 5.10 Å². The molecule has 4 heteroatoms. The Balaban J connectivity index is 1.94. The Morgan fingerprint density at radius 3 is 2.73 bits per heavy atom. The van der Waals surface area contributed by atoms with E-state index >= 15 is 0 Å². The van der Waals surface area contributed by atoms with Crippen LogP contribution in [0.5, 0.6) is 0 Å². The van der Waals surface area contributed by atoms with Gasteiger partial charge in [0.05, 0.1) is 18.9 Å². The van der Waals surface area contributed by atoms with E-state index in [4.69, 9.17) is 9.84 Å². The number of aryl methyl sites for hydroxylation is 1. The van der Waals surface area contributed by atoms with E-state index in [0.717, 1.165) is 29.5 Å². The highest BCUT2D eigenvalue weighted by Gasteiger charge is 2.21. The second-order valence-electron chi connectivity index (χ2n) is 4.25. The Morgan fingerprint density at radius 1 is 1.47 bits per heavy atom. The largest absolute Gasteiger partial charge is 0.392 e. The number of aromatic nitrogens is 2. The molecule has 0 unspecified atom stereocenters. The molecule has 0 aliphatic heterocycles. The molecule has 0 atom stereocenters. The number of aliphatic hydroxyl groups is 1. The molecule has 0 spiro atoms. The molecule has 0 aromatic carbocycles. The van der Waals surface area contributed by atoms with Crippen LogP contribution >= 0.6 is 0 Å². The third-order valence-corrected chi connectivity index (χ3v) is 2.95. The van der Waals surface area contributed by atoms with Crippen LogP contribution in [0.1, 0.15) is 29.8 Å². The van der Waals surface area contributed by atoms with Crippen molar-refractivity contribution >= 4 is 0 Å². The Kier molecular flexibility index (Phi) is 3.07. The van der Waals surface area contributed by atoms with E-state index in [1.54, 1.807) is 0 Å². The van der Waals surface area contributed by atoms with Gasteiger partial charge in [0.1, 0.15) is 6.73 Å². The van der Waals surface area contributed by atoms with Gasteiger partial charge in [-0.15, -0.1) is 0 Å². The molecule has 84 valence electrons. The topological polar surface area (TPSA) is 47.3 Å². The predicted octanol–water partition coefficient (Wildman–Crippen LogP) is 1.38. The van der Waals surface area contributed by atoms with Crippen molar-refractivity contribution in [2.45, 2.75) is 40.0 Å². The summed E-state index contributed by atoms with van der Waals surface area (Å²) in [7, 11) is 0. The second-order valence-corrected chi connectivity index (χ2v) is 4.25. The maximum Gasteiger partial charge on any atom is 0.139 e. The monoisotopic (exact) mass is 210 g/mol. The standard InChI is InChI=1S/C11H18N2O2/c1-8-11(5-14)9(2)13(12-8)7-15-6-10-3-4-10/h10,14H,3-7H2,1-2H3. The van der Waals surface area contributed by atoms with Crippen LogP contribution in [-0.4, -0.2) is 21.5 Å². The number of rotatable bonds is 5. The molecule has 1 N–H and O–H groups in total. The van der Waals surface area contributed by atoms with Gasteiger partial charge < -0.3 is 9.84 Å². The van der Waals surface area contributed by atoms with Crippen LogP contribution in [-0.2, 0) is 18.1 Å². The lowest BCUT2D eigenvalue weighted by Crippen LogP contribution is -2.08. The van der Waals surface area contributed by atoms with E-state index in [9.17, 15) is 0 Å². The molecule has 1 saturated carbocycles. The predicted molar refractivity (Wildman–Crippen MR) is 56.3 cm³/mol. The average Bonchev–Trinajstić information content (AvgIpc) is 2.96. The minimum Gasteiger partial charge on any atom is -0.392 e. The molecule has 15 heavy (non-hydrogen) atoms. The Bertz CT molecular complexity index is 343. The molecule has 0 radical (unpaired) electrons. The van der Waals surface area contributed by atoms with Crippen LogP contribution < -0.4 is 0 Å². The van der Waals surface area contributed by atoms with Gasteiger partial charge in [0, 0.05) is 11.3 Å². The Morgan fingerprint density at radius 2 is 2.20 bits per heavy atom. The van der Waals surface area contributed by atoms with Crippen molar-refractivity contribution in [3.05, 3.63) is 17.0 Å². The fraction of sp³-hybridized carbons (Fsp3) is 0.727. The highest BCUT2D eigenvalue weighted by atomic mass is 16.5. The molecular weight excluding hydrogens is 192 g/mol. The van der Waals surface area contributed by atoms with E-state index in [0.29, 0.717) is 6.73 Å². The molecule has 0 amide bonds. The summed E-state index contributed by atoms with van der Waals surface area (Å²) >= 11 is 0. The lowest BCUT2D eigenvalue weighted by molar-refractivity contribution is 0.0596. The maximum atomic E-state index is 9.14. The van der Waals surface area contributed by atoms with Gasteiger partial charge in [0.2, 0.25) is 0 Å². The summed E-state index contributed by atoms with van der Waals surface area (Å²) in [6.45, 7) is 5.28. The van der Waals surface area contributed by atoms with Gasteiger partial charge in [-0.05, 0) is 32.6 Å². The van der Waals surface area contributed by atoms with Crippen LogP contribution in [0.25, 0.3) is 0 Å². The van der Waals surface area contributed by atoms with Gasteiger partial charge in [-0.2, -0.15) is 5.10 Å². The van der Waals surface area contributed by atoms with Crippen molar-refractivity contribution in [3.8, 4) is 0 Å². The van der Waals surface area contributed by atoms with Crippen molar-refractivity contribution in [3.63, 3.8) is 0 Å². The molecule has 0 saturated heterocycles. The van der Waals surface area contributed by atoms with Crippen molar-refractivity contribution < 1.29 is 9.84 Å². The number of aliphatic hydroxyl groups excluding tert-OH is 1. The average molecular weight is 210 g/mol. The minimum absolute atomic E-state index is 0.0558. The summed E-state index contributed by atoms with van der Waals surface area (Å²) in [4.78, 5) is 0. The molecular formula is C11H18N2O2. The van der Waals surface area contributed by atoms with Crippen LogP contribution in [0.2, 0.25) is 0 Å². The fourth-order valence-corrected chi connectivity index (χ4v) is 1.68. The molecule has 1 aromatic rings. The molecule has 2 rings (SSSR count). The molecule has 1 aromatic heterocycles. The van der Waals surface area contributed by atoms with Gasteiger partial charge in [0.25, 0.3) is 0 Å². The summed E-state index contributed by atoms with van der Waals surface area (Å²) in [5.74, 6) is 0.777. The van der Waals surface area contributed by atoms with Gasteiger partial charge in [-0.25, -0.2) is 4.68 Å². The molecule has 4 nitrogen and oxygen atoms in total. The Labute approximate surface area is 89.9 Å². The van der Waals surface area contributed by atoms with Crippen molar-refractivity contribution in [2.24, 2.45) is 5.92 Å². The first-order chi connectivity index (χ1) is 7.22. The number of ether oxygens (including phenoxy) is 1. The zero-order chi connectivity index (χ0) is 10.8. The molecule has 0 bridgehead atoms. The second kappa shape index (κ2) is 4.33.